The summed E-state index contributed by atoms with van der Waals surface area (Å²) in [6.45, 7) is -1.37. The topological polar surface area (TPSA) is 37.9 Å². The highest BCUT2D eigenvalue weighted by Gasteiger charge is 2.41. The lowest BCUT2D eigenvalue weighted by Gasteiger charge is -2.15. The third kappa shape index (κ3) is 3.54. The second kappa shape index (κ2) is 5.88. The van der Waals surface area contributed by atoms with E-state index in [9.17, 15) is 17.6 Å². The Labute approximate surface area is 120 Å². The first kappa shape index (κ1) is 14.9. The summed E-state index contributed by atoms with van der Waals surface area (Å²) in [7, 11) is 0. The van der Waals surface area contributed by atoms with Gasteiger partial charge in [0.25, 0.3) is 0 Å². The Balaban J connectivity index is 2.04. The molecule has 0 saturated heterocycles. The van der Waals surface area contributed by atoms with Gasteiger partial charge in [-0.15, -0.1) is 0 Å². The van der Waals surface area contributed by atoms with Crippen molar-refractivity contribution < 1.29 is 22.3 Å². The number of nitrogens with zero attached hydrogens (tertiary/aromatic N) is 1. The summed E-state index contributed by atoms with van der Waals surface area (Å²) in [4.78, 5) is 4.04. The number of nitrogens with one attached hydrogen (secondary N) is 1. The average Bonchev–Trinajstić information content (AvgIpc) is 2.83. The van der Waals surface area contributed by atoms with Gasteiger partial charge >= 0.3 is 12.3 Å². The monoisotopic (exact) mass is 324 g/mol. The summed E-state index contributed by atoms with van der Waals surface area (Å²) in [6, 6.07) is 5.92. The van der Waals surface area contributed by atoms with Crippen molar-refractivity contribution in [2.45, 2.75) is 12.3 Å². The van der Waals surface area contributed by atoms with Gasteiger partial charge < -0.3 is 4.74 Å². The predicted molar refractivity (Wildman–Crippen MR) is 69.2 cm³/mol. The Morgan fingerprint density at radius 3 is 2.45 bits per heavy atom. The Bertz CT molecular complexity index is 624. The van der Waals surface area contributed by atoms with Crippen molar-refractivity contribution in [3.63, 3.8) is 0 Å². The number of halogens is 4. The lowest BCUT2D eigenvalue weighted by atomic mass is 10.2. The molecule has 0 amide bonds. The number of H-pyrrole nitrogens is 1. The fourth-order valence-electron chi connectivity index (χ4n) is 1.30. The number of rotatable bonds is 5. The second-order valence-electron chi connectivity index (χ2n) is 3.81. The predicted octanol–water partition coefficient (Wildman–Crippen LogP) is 4.15. The molecular formula is C11H8F4N2OS2. The van der Waals surface area contributed by atoms with Crippen LogP contribution in [0.4, 0.5) is 17.6 Å². The van der Waals surface area contributed by atoms with Crippen LogP contribution in [0.3, 0.4) is 0 Å². The van der Waals surface area contributed by atoms with Crippen molar-refractivity contribution in [1.29, 1.82) is 0 Å². The highest BCUT2D eigenvalue weighted by Crippen LogP contribution is 2.25. The van der Waals surface area contributed by atoms with E-state index in [0.29, 0.717) is 15.3 Å². The van der Waals surface area contributed by atoms with Crippen LogP contribution in [0.2, 0.25) is 0 Å². The number of hydrogen-bond donors (Lipinski definition) is 1. The van der Waals surface area contributed by atoms with Crippen LogP contribution in [-0.2, 0) is 0 Å². The summed E-state index contributed by atoms with van der Waals surface area (Å²) in [5.41, 5.74) is 0.685. The molecule has 2 rings (SSSR count). The number of benzene rings is 1. The van der Waals surface area contributed by atoms with Gasteiger partial charge in [-0.3, -0.25) is 4.37 Å². The molecule has 0 spiro atoms. The fraction of sp³-hybridized carbons (Fsp3) is 0.273. The van der Waals surface area contributed by atoms with Gasteiger partial charge in [0.15, 0.2) is 10.6 Å². The molecule has 0 saturated carbocycles. The van der Waals surface area contributed by atoms with Gasteiger partial charge in [-0.05, 0) is 48.0 Å². The van der Waals surface area contributed by atoms with Crippen molar-refractivity contribution in [1.82, 2.24) is 9.36 Å². The lowest BCUT2D eigenvalue weighted by molar-refractivity contribution is -0.148. The highest BCUT2D eigenvalue weighted by atomic mass is 32.2. The van der Waals surface area contributed by atoms with Gasteiger partial charge in [0.2, 0.25) is 0 Å². The zero-order chi connectivity index (χ0) is 14.8. The number of alkyl halides is 4. The lowest BCUT2D eigenvalue weighted by Crippen LogP contribution is -2.33. The zero-order valence-electron chi connectivity index (χ0n) is 9.78. The minimum absolute atomic E-state index is 0.0721. The quantitative estimate of drug-likeness (QED) is 0.663. The Morgan fingerprint density at radius 1 is 1.30 bits per heavy atom. The maximum Gasteiger partial charge on any atom is 0.340 e. The molecule has 0 atom stereocenters. The Morgan fingerprint density at radius 2 is 1.95 bits per heavy atom. The van der Waals surface area contributed by atoms with Crippen LogP contribution in [0.25, 0.3) is 11.4 Å². The maximum atomic E-state index is 12.7. The molecule has 1 heterocycles. The van der Waals surface area contributed by atoms with E-state index in [4.69, 9.17) is 12.2 Å². The first-order valence-corrected chi connectivity index (χ1v) is 6.56. The third-order valence-corrected chi connectivity index (χ3v) is 3.22. The molecule has 3 nitrogen and oxygen atoms in total. The van der Waals surface area contributed by atoms with Gasteiger partial charge in [0.1, 0.15) is 11.6 Å². The molecular weight excluding hydrogens is 316 g/mol. The minimum Gasteiger partial charge on any atom is -0.487 e. The van der Waals surface area contributed by atoms with Crippen molar-refractivity contribution in [2.24, 2.45) is 0 Å². The number of aromatic amines is 1. The van der Waals surface area contributed by atoms with Crippen LogP contribution in [0.1, 0.15) is 0 Å². The van der Waals surface area contributed by atoms with Crippen molar-refractivity contribution in [3.05, 3.63) is 28.2 Å². The molecule has 108 valence electrons. The van der Waals surface area contributed by atoms with E-state index in [2.05, 4.69) is 14.1 Å². The van der Waals surface area contributed by atoms with Crippen LogP contribution in [0, 0.1) is 3.95 Å². The van der Waals surface area contributed by atoms with Gasteiger partial charge in [-0.1, -0.05) is 0 Å². The zero-order valence-corrected chi connectivity index (χ0v) is 11.4. The molecule has 0 radical (unpaired) electrons. The second-order valence-corrected chi connectivity index (χ2v) is 5.25. The van der Waals surface area contributed by atoms with Crippen LogP contribution < -0.4 is 4.74 Å². The Kier molecular flexibility index (Phi) is 4.39. The van der Waals surface area contributed by atoms with Gasteiger partial charge in [-0.25, -0.2) is 13.8 Å². The van der Waals surface area contributed by atoms with E-state index in [1.807, 2.05) is 0 Å². The molecule has 20 heavy (non-hydrogen) atoms. The summed E-state index contributed by atoms with van der Waals surface area (Å²) >= 11 is 6.05. The third-order valence-electron chi connectivity index (χ3n) is 2.32. The Hall–Kier alpha value is -1.48. The highest BCUT2D eigenvalue weighted by molar-refractivity contribution is 7.73. The van der Waals surface area contributed by atoms with E-state index in [1.54, 1.807) is 12.1 Å². The van der Waals surface area contributed by atoms with Gasteiger partial charge in [0.05, 0.1) is 0 Å². The van der Waals surface area contributed by atoms with Crippen molar-refractivity contribution in [2.75, 3.05) is 6.61 Å². The van der Waals surface area contributed by atoms with Gasteiger partial charge in [-0.2, -0.15) is 8.78 Å². The van der Waals surface area contributed by atoms with Crippen molar-refractivity contribution >= 4 is 23.8 Å². The van der Waals surface area contributed by atoms with E-state index in [0.717, 1.165) is 0 Å². The smallest absolute Gasteiger partial charge is 0.340 e. The summed E-state index contributed by atoms with van der Waals surface area (Å²) < 4.78 is 57.2. The molecule has 0 aliphatic heterocycles. The van der Waals surface area contributed by atoms with Crippen molar-refractivity contribution in [3.8, 4) is 17.1 Å². The number of ether oxygens (including phenoxy) is 1. The van der Waals surface area contributed by atoms with E-state index in [1.165, 1.54) is 23.7 Å². The SMILES string of the molecule is FC(F)C(F)(F)COc1ccc(-c2nc(=S)s[nH]2)cc1. The average molecular weight is 324 g/mol. The van der Waals surface area contributed by atoms with E-state index in [-0.39, 0.29) is 5.75 Å². The van der Waals surface area contributed by atoms with E-state index < -0.39 is 19.0 Å². The molecule has 0 bridgehead atoms. The normalized spacial score (nSPS) is 11.8. The largest absolute Gasteiger partial charge is 0.487 e. The van der Waals surface area contributed by atoms with E-state index >= 15 is 0 Å². The number of hydrogen-bond acceptors (Lipinski definition) is 4. The molecule has 9 heteroatoms. The summed E-state index contributed by atoms with van der Waals surface area (Å²) in [6.07, 6.45) is -3.75. The van der Waals surface area contributed by atoms with Crippen LogP contribution >= 0.6 is 23.8 Å². The molecule has 0 aliphatic carbocycles. The summed E-state index contributed by atoms with van der Waals surface area (Å²) in [5, 5.41) is 0. The molecule has 0 unspecified atom stereocenters. The molecule has 1 aromatic heterocycles. The van der Waals surface area contributed by atoms with Crippen LogP contribution in [0.15, 0.2) is 24.3 Å². The number of aromatic nitrogens is 2. The molecule has 2 aromatic rings. The fourth-order valence-corrected chi connectivity index (χ4v) is 2.00. The van der Waals surface area contributed by atoms with Gasteiger partial charge in [0, 0.05) is 5.56 Å². The first-order chi connectivity index (χ1) is 9.38. The molecule has 0 fully saturated rings. The maximum absolute atomic E-state index is 12.7. The van der Waals surface area contributed by atoms with Crippen LogP contribution in [0.5, 0.6) is 5.75 Å². The minimum atomic E-state index is -4.17. The molecule has 1 N–H and O–H groups in total. The summed E-state index contributed by atoms with van der Waals surface area (Å²) in [5.74, 6) is -3.55. The molecule has 0 aliphatic rings. The first-order valence-electron chi connectivity index (χ1n) is 5.33. The standard InChI is InChI=1S/C11H8F4N2OS2/c12-9(13)11(14,15)5-18-7-3-1-6(2-4-7)8-16-10(19)20-17-8/h1-4,9H,5H2,(H,16,17,19). The van der Waals surface area contributed by atoms with Crippen LogP contribution in [-0.4, -0.2) is 28.3 Å². The molecule has 1 aromatic carbocycles.